The minimum absolute atomic E-state index is 0.0320. The molecule has 0 aromatic heterocycles. The van der Waals surface area contributed by atoms with Gasteiger partial charge in [-0.05, 0) is 29.8 Å². The Hall–Kier alpha value is -2.20. The molecule has 7 nitrogen and oxygen atoms in total. The highest BCUT2D eigenvalue weighted by Gasteiger charge is 2.34. The van der Waals surface area contributed by atoms with E-state index in [9.17, 15) is 18.0 Å². The molecule has 0 aliphatic heterocycles. The third kappa shape index (κ3) is 7.93. The quantitative estimate of drug-likeness (QED) is 0.268. The van der Waals surface area contributed by atoms with E-state index in [0.29, 0.717) is 5.56 Å². The van der Waals surface area contributed by atoms with Crippen LogP contribution < -0.4 is 9.62 Å². The van der Waals surface area contributed by atoms with E-state index in [-0.39, 0.29) is 43.8 Å². The van der Waals surface area contributed by atoms with Crippen LogP contribution in [0.25, 0.3) is 0 Å². The van der Waals surface area contributed by atoms with Gasteiger partial charge >= 0.3 is 0 Å². The summed E-state index contributed by atoms with van der Waals surface area (Å²) in [5, 5.41) is 3.28. The summed E-state index contributed by atoms with van der Waals surface area (Å²) in [6.07, 6.45) is 1.06. The van der Waals surface area contributed by atoms with Crippen LogP contribution in [0.4, 0.5) is 5.69 Å². The molecule has 13 heteroatoms. The van der Waals surface area contributed by atoms with Crippen LogP contribution in [0.3, 0.4) is 0 Å². The Morgan fingerprint density at radius 3 is 2.00 bits per heavy atom. The molecule has 3 aromatic carbocycles. The van der Waals surface area contributed by atoms with E-state index in [1.807, 2.05) is 30.3 Å². The van der Waals surface area contributed by atoms with Gasteiger partial charge in [-0.3, -0.25) is 13.9 Å². The second-order valence-corrected chi connectivity index (χ2v) is 12.5. The zero-order valence-electron chi connectivity index (χ0n) is 20.8. The molecule has 1 atom stereocenters. The van der Waals surface area contributed by atoms with Crippen LogP contribution in [-0.4, -0.2) is 51.0 Å². The van der Waals surface area contributed by atoms with Crippen LogP contribution in [0.1, 0.15) is 11.1 Å². The molecule has 0 aliphatic rings. The fourth-order valence-corrected chi connectivity index (χ4v) is 5.94. The lowest BCUT2D eigenvalue weighted by molar-refractivity contribution is -0.139. The Morgan fingerprint density at radius 2 is 1.44 bits per heavy atom. The molecule has 0 saturated carbocycles. The Balaban J connectivity index is 2.11. The van der Waals surface area contributed by atoms with Crippen molar-refractivity contribution in [3.63, 3.8) is 0 Å². The number of sulfonamides is 1. The van der Waals surface area contributed by atoms with Gasteiger partial charge in [0.05, 0.1) is 27.0 Å². The standard InChI is InChI=1S/C26H24Cl5N3O4S/c1-32-26(36)24(11-16-7-4-3-5-8-16)33(14-17-18(27)9-6-10-19(17)28)25(35)15-34(39(2,37)38)23-13-21(30)20(29)12-22(23)31/h3-10,12-13,24H,11,14-15H2,1-2H3,(H,32,36)/t24-/m1/s1. The number of hydrogen-bond acceptors (Lipinski definition) is 4. The maximum absolute atomic E-state index is 14.0. The van der Waals surface area contributed by atoms with Crippen LogP contribution in [0, 0.1) is 0 Å². The van der Waals surface area contributed by atoms with Crippen LogP contribution in [0.2, 0.25) is 25.1 Å². The zero-order valence-corrected chi connectivity index (χ0v) is 25.4. The minimum atomic E-state index is -4.05. The number of nitrogens with zero attached hydrogens (tertiary/aromatic N) is 2. The van der Waals surface area contributed by atoms with Gasteiger partial charge in [0, 0.05) is 35.6 Å². The lowest BCUT2D eigenvalue weighted by atomic mass is 10.0. The average Bonchev–Trinajstić information content (AvgIpc) is 2.88. The summed E-state index contributed by atoms with van der Waals surface area (Å²) in [6, 6.07) is 15.5. The van der Waals surface area contributed by atoms with Gasteiger partial charge in [0.25, 0.3) is 0 Å². The monoisotopic (exact) mass is 649 g/mol. The van der Waals surface area contributed by atoms with Crippen molar-refractivity contribution in [2.45, 2.75) is 19.0 Å². The molecular formula is C26H24Cl5N3O4S. The van der Waals surface area contributed by atoms with Crippen LogP contribution in [0.15, 0.2) is 60.7 Å². The molecule has 0 fully saturated rings. The van der Waals surface area contributed by atoms with Gasteiger partial charge in [-0.1, -0.05) is 94.4 Å². The van der Waals surface area contributed by atoms with Gasteiger partial charge in [0.2, 0.25) is 21.8 Å². The molecule has 0 radical (unpaired) electrons. The minimum Gasteiger partial charge on any atom is -0.357 e. The smallest absolute Gasteiger partial charge is 0.244 e. The lowest BCUT2D eigenvalue weighted by Crippen LogP contribution is -2.53. The van der Waals surface area contributed by atoms with Crippen molar-refractivity contribution in [2.24, 2.45) is 0 Å². The van der Waals surface area contributed by atoms with E-state index >= 15 is 0 Å². The average molecular weight is 652 g/mol. The molecule has 0 saturated heterocycles. The maximum Gasteiger partial charge on any atom is 0.244 e. The predicted octanol–water partition coefficient (Wildman–Crippen LogP) is 6.11. The molecule has 3 aromatic rings. The molecule has 0 aliphatic carbocycles. The number of rotatable bonds is 10. The molecule has 39 heavy (non-hydrogen) atoms. The Kier molecular flexibility index (Phi) is 10.8. The van der Waals surface area contributed by atoms with E-state index in [1.165, 1.54) is 24.1 Å². The van der Waals surface area contributed by atoms with Crippen molar-refractivity contribution in [3.8, 4) is 0 Å². The number of benzene rings is 3. The van der Waals surface area contributed by atoms with Crippen molar-refractivity contribution in [2.75, 3.05) is 24.2 Å². The highest BCUT2D eigenvalue weighted by atomic mass is 35.5. The first-order valence-electron chi connectivity index (χ1n) is 11.4. The number of likely N-dealkylation sites (N-methyl/N-ethyl adjacent to an activating group) is 1. The summed E-state index contributed by atoms with van der Waals surface area (Å²) in [7, 11) is -2.60. The van der Waals surface area contributed by atoms with Crippen molar-refractivity contribution < 1.29 is 18.0 Å². The van der Waals surface area contributed by atoms with Gasteiger partial charge in [0.1, 0.15) is 12.6 Å². The van der Waals surface area contributed by atoms with Crippen molar-refractivity contribution in [1.29, 1.82) is 0 Å². The number of carbonyl (C=O) groups excluding carboxylic acids is 2. The van der Waals surface area contributed by atoms with Crippen molar-refractivity contribution in [1.82, 2.24) is 10.2 Å². The fourth-order valence-electron chi connectivity index (χ4n) is 3.87. The first-order chi connectivity index (χ1) is 18.3. The van der Waals surface area contributed by atoms with Crippen molar-refractivity contribution in [3.05, 3.63) is 96.9 Å². The summed E-state index contributed by atoms with van der Waals surface area (Å²) >= 11 is 31.3. The predicted molar refractivity (Wildman–Crippen MR) is 159 cm³/mol. The molecule has 1 N–H and O–H groups in total. The topological polar surface area (TPSA) is 86.8 Å². The number of amides is 2. The Bertz CT molecular complexity index is 1450. The lowest BCUT2D eigenvalue weighted by Gasteiger charge is -2.33. The summed E-state index contributed by atoms with van der Waals surface area (Å²) in [5.41, 5.74) is 1.13. The zero-order chi connectivity index (χ0) is 28.9. The number of nitrogens with one attached hydrogen (secondary N) is 1. The van der Waals surface area contributed by atoms with Gasteiger partial charge in [-0.25, -0.2) is 8.42 Å². The summed E-state index contributed by atoms with van der Waals surface area (Å²) in [5.74, 6) is -1.17. The first-order valence-corrected chi connectivity index (χ1v) is 15.2. The normalized spacial score (nSPS) is 12.1. The van der Waals surface area contributed by atoms with Crippen LogP contribution in [0.5, 0.6) is 0 Å². The Labute approximate surface area is 252 Å². The molecule has 0 unspecified atom stereocenters. The molecule has 0 heterocycles. The summed E-state index contributed by atoms with van der Waals surface area (Å²) < 4.78 is 26.5. The molecule has 208 valence electrons. The maximum atomic E-state index is 14.0. The van der Waals surface area contributed by atoms with E-state index in [0.717, 1.165) is 16.1 Å². The van der Waals surface area contributed by atoms with Crippen molar-refractivity contribution >= 4 is 85.5 Å². The van der Waals surface area contributed by atoms with E-state index < -0.39 is 34.4 Å². The number of hydrogen-bond donors (Lipinski definition) is 1. The third-order valence-corrected chi connectivity index (χ3v) is 8.70. The molecule has 3 rings (SSSR count). The summed E-state index contributed by atoms with van der Waals surface area (Å²) in [6.45, 7) is -0.865. The first kappa shape index (κ1) is 31.3. The second kappa shape index (κ2) is 13.4. The Morgan fingerprint density at radius 1 is 0.846 bits per heavy atom. The molecule has 0 bridgehead atoms. The largest absolute Gasteiger partial charge is 0.357 e. The fraction of sp³-hybridized carbons (Fsp3) is 0.231. The second-order valence-electron chi connectivity index (χ2n) is 8.53. The highest BCUT2D eigenvalue weighted by molar-refractivity contribution is 7.92. The van der Waals surface area contributed by atoms with Gasteiger partial charge < -0.3 is 10.2 Å². The molecule has 0 spiro atoms. The molecule has 2 amide bonds. The SMILES string of the molecule is CNC(=O)[C@@H](Cc1ccccc1)N(Cc1c(Cl)cccc1Cl)C(=O)CN(c1cc(Cl)c(Cl)cc1Cl)S(C)(=O)=O. The number of anilines is 1. The van der Waals surface area contributed by atoms with Gasteiger partial charge in [0.15, 0.2) is 0 Å². The summed E-state index contributed by atoms with van der Waals surface area (Å²) in [4.78, 5) is 28.4. The molecular weight excluding hydrogens is 628 g/mol. The van der Waals surface area contributed by atoms with Gasteiger partial charge in [-0.2, -0.15) is 0 Å². The van der Waals surface area contributed by atoms with Gasteiger partial charge in [-0.15, -0.1) is 0 Å². The van der Waals surface area contributed by atoms with E-state index in [4.69, 9.17) is 58.0 Å². The van der Waals surface area contributed by atoms with E-state index in [1.54, 1.807) is 18.2 Å². The highest BCUT2D eigenvalue weighted by Crippen LogP contribution is 2.36. The van der Waals surface area contributed by atoms with E-state index in [2.05, 4.69) is 5.32 Å². The van der Waals surface area contributed by atoms with Crippen LogP contribution >= 0.6 is 58.0 Å². The number of halogens is 5. The number of carbonyl (C=O) groups is 2. The van der Waals surface area contributed by atoms with Crippen LogP contribution in [-0.2, 0) is 32.6 Å². The third-order valence-electron chi connectivity index (χ3n) is 5.85.